The first-order chi connectivity index (χ1) is 12.8. The minimum absolute atomic E-state index is 0.103. The molecule has 2 N–H and O–H groups in total. The lowest BCUT2D eigenvalue weighted by Gasteiger charge is -2.19. The van der Waals surface area contributed by atoms with E-state index >= 15 is 0 Å². The summed E-state index contributed by atoms with van der Waals surface area (Å²) in [5.41, 5.74) is 7.02. The number of rotatable bonds is 7. The van der Waals surface area contributed by atoms with Crippen LogP contribution in [0.1, 0.15) is 31.9 Å². The zero-order valence-electron chi connectivity index (χ0n) is 15.9. The Balaban J connectivity index is 1.95. The lowest BCUT2D eigenvalue weighted by Crippen LogP contribution is -2.13. The van der Waals surface area contributed by atoms with Crippen molar-refractivity contribution in [3.63, 3.8) is 0 Å². The van der Waals surface area contributed by atoms with Crippen LogP contribution in [0, 0.1) is 11.3 Å². The molecule has 0 saturated carbocycles. The van der Waals surface area contributed by atoms with E-state index in [9.17, 15) is 4.79 Å². The maximum absolute atomic E-state index is 11.2. The first-order valence-corrected chi connectivity index (χ1v) is 8.68. The molecule has 0 aliphatic carbocycles. The van der Waals surface area contributed by atoms with Crippen LogP contribution in [0.5, 0.6) is 11.5 Å². The second-order valence-electron chi connectivity index (χ2n) is 7.04. The van der Waals surface area contributed by atoms with Crippen LogP contribution < -0.4 is 15.2 Å². The predicted molar refractivity (Wildman–Crippen MR) is 105 cm³/mol. The van der Waals surface area contributed by atoms with Gasteiger partial charge in [0.05, 0.1) is 0 Å². The average Bonchev–Trinajstić information content (AvgIpc) is 2.63. The first kappa shape index (κ1) is 20.1. The number of benzene rings is 2. The minimum atomic E-state index is -0.769. The van der Waals surface area contributed by atoms with Crippen molar-refractivity contribution in [3.05, 3.63) is 65.2 Å². The van der Waals surface area contributed by atoms with Crippen molar-refractivity contribution in [1.29, 1.82) is 5.26 Å². The van der Waals surface area contributed by atoms with E-state index in [1.165, 1.54) is 11.6 Å². The molecule has 5 nitrogen and oxygen atoms in total. The zero-order chi connectivity index (χ0) is 19.9. The third-order valence-electron chi connectivity index (χ3n) is 3.93. The Morgan fingerprint density at radius 1 is 1.07 bits per heavy atom. The zero-order valence-corrected chi connectivity index (χ0v) is 15.9. The van der Waals surface area contributed by atoms with E-state index in [4.69, 9.17) is 20.5 Å². The Bertz CT molecular complexity index is 856. The van der Waals surface area contributed by atoms with Crippen molar-refractivity contribution in [2.24, 2.45) is 5.73 Å². The van der Waals surface area contributed by atoms with E-state index in [2.05, 4.69) is 32.9 Å². The normalized spacial score (nSPS) is 11.6. The van der Waals surface area contributed by atoms with Gasteiger partial charge in [-0.3, -0.25) is 4.79 Å². The number of nitrogens with two attached hydrogens (primary N) is 1. The average molecular weight is 364 g/mol. The summed E-state index contributed by atoms with van der Waals surface area (Å²) in [7, 11) is 0. The maximum Gasteiger partial charge on any atom is 0.259 e. The second kappa shape index (κ2) is 8.91. The Hall–Kier alpha value is -3.26. The summed E-state index contributed by atoms with van der Waals surface area (Å²) in [4.78, 5) is 11.2. The molecule has 0 aromatic heterocycles. The molecule has 2 aromatic carbocycles. The van der Waals surface area contributed by atoms with E-state index in [-0.39, 0.29) is 11.0 Å². The maximum atomic E-state index is 11.2. The van der Waals surface area contributed by atoms with Crippen LogP contribution in [0.4, 0.5) is 0 Å². The quantitative estimate of drug-likeness (QED) is 0.459. The van der Waals surface area contributed by atoms with E-state index in [1.807, 2.05) is 18.2 Å². The van der Waals surface area contributed by atoms with Crippen molar-refractivity contribution in [2.45, 2.75) is 26.2 Å². The molecule has 140 valence electrons. The summed E-state index contributed by atoms with van der Waals surface area (Å²) < 4.78 is 11.4. The van der Waals surface area contributed by atoms with Gasteiger partial charge in [-0.2, -0.15) is 5.26 Å². The van der Waals surface area contributed by atoms with E-state index < -0.39 is 5.91 Å². The highest BCUT2D eigenvalue weighted by Gasteiger charge is 2.13. The molecule has 0 atom stereocenters. The minimum Gasteiger partial charge on any atom is -0.490 e. The van der Waals surface area contributed by atoms with Gasteiger partial charge in [-0.15, -0.1) is 0 Å². The fraction of sp³-hybridized carbons (Fsp3) is 0.273. The summed E-state index contributed by atoms with van der Waals surface area (Å²) in [5, 5.41) is 8.98. The molecule has 27 heavy (non-hydrogen) atoms. The molecular weight excluding hydrogens is 340 g/mol. The highest BCUT2D eigenvalue weighted by atomic mass is 16.5. The van der Waals surface area contributed by atoms with E-state index in [0.717, 1.165) is 5.75 Å². The van der Waals surface area contributed by atoms with Gasteiger partial charge in [0.25, 0.3) is 5.91 Å². The molecule has 1 amide bonds. The smallest absolute Gasteiger partial charge is 0.259 e. The number of carbonyl (C=O) groups excluding carboxylic acids is 1. The van der Waals surface area contributed by atoms with Gasteiger partial charge in [-0.25, -0.2) is 0 Å². The van der Waals surface area contributed by atoms with Crippen LogP contribution in [0.2, 0.25) is 0 Å². The van der Waals surface area contributed by atoms with Crippen LogP contribution in [-0.4, -0.2) is 19.1 Å². The number of para-hydroxylation sites is 1. The molecule has 5 heteroatoms. The number of nitriles is 1. The van der Waals surface area contributed by atoms with E-state index in [0.29, 0.717) is 24.5 Å². The number of primary amides is 1. The van der Waals surface area contributed by atoms with Crippen molar-refractivity contribution in [3.8, 4) is 17.6 Å². The van der Waals surface area contributed by atoms with Crippen LogP contribution in [0.15, 0.2) is 54.1 Å². The topological polar surface area (TPSA) is 85.3 Å². The van der Waals surface area contributed by atoms with Crippen molar-refractivity contribution in [1.82, 2.24) is 0 Å². The fourth-order valence-electron chi connectivity index (χ4n) is 2.41. The molecule has 0 unspecified atom stereocenters. The molecule has 0 spiro atoms. The van der Waals surface area contributed by atoms with Gasteiger partial charge in [0, 0.05) is 5.56 Å². The molecule has 0 aliphatic rings. The summed E-state index contributed by atoms with van der Waals surface area (Å²) in [6, 6.07) is 16.9. The van der Waals surface area contributed by atoms with Gasteiger partial charge in [0.15, 0.2) is 0 Å². The number of nitrogens with zero attached hydrogens (tertiary/aromatic N) is 1. The Labute approximate surface area is 160 Å². The van der Waals surface area contributed by atoms with Crippen LogP contribution in [0.3, 0.4) is 0 Å². The lowest BCUT2D eigenvalue weighted by molar-refractivity contribution is -0.114. The van der Waals surface area contributed by atoms with Crippen molar-refractivity contribution >= 4 is 12.0 Å². The van der Waals surface area contributed by atoms with Gasteiger partial charge in [0.2, 0.25) is 0 Å². The van der Waals surface area contributed by atoms with Crippen molar-refractivity contribution in [2.75, 3.05) is 13.2 Å². The molecule has 0 heterocycles. The van der Waals surface area contributed by atoms with Crippen LogP contribution >= 0.6 is 0 Å². The molecule has 0 radical (unpaired) electrons. The largest absolute Gasteiger partial charge is 0.490 e. The molecule has 0 bridgehead atoms. The highest BCUT2D eigenvalue weighted by molar-refractivity contribution is 6.00. The standard InChI is InChI=1S/C22H24N2O3/c1-22(2,3)18-8-10-19(11-9-18)26-12-13-27-20-7-5-4-6-16(20)14-17(15-23)21(24)25/h4-11,14H,12-13H2,1-3H3,(H2,24,25)/b17-14-. The van der Waals surface area contributed by atoms with Crippen LogP contribution in [-0.2, 0) is 10.2 Å². The third kappa shape index (κ3) is 5.89. The number of ether oxygens (including phenoxy) is 2. The Morgan fingerprint density at radius 3 is 2.30 bits per heavy atom. The number of amides is 1. The molecule has 2 rings (SSSR count). The Kier molecular flexibility index (Phi) is 6.62. The number of hydrogen-bond acceptors (Lipinski definition) is 4. The summed E-state index contributed by atoms with van der Waals surface area (Å²) in [5.74, 6) is 0.563. The van der Waals surface area contributed by atoms with Gasteiger partial charge in [-0.1, -0.05) is 51.1 Å². The first-order valence-electron chi connectivity index (χ1n) is 8.68. The van der Waals surface area contributed by atoms with Crippen LogP contribution in [0.25, 0.3) is 6.08 Å². The molecule has 2 aromatic rings. The number of carbonyl (C=O) groups is 1. The summed E-state index contributed by atoms with van der Waals surface area (Å²) >= 11 is 0. The van der Waals surface area contributed by atoms with E-state index in [1.54, 1.807) is 24.3 Å². The summed E-state index contributed by atoms with van der Waals surface area (Å²) in [6.45, 7) is 7.19. The number of hydrogen-bond donors (Lipinski definition) is 1. The van der Waals surface area contributed by atoms with Gasteiger partial charge < -0.3 is 15.2 Å². The molecule has 0 saturated heterocycles. The monoisotopic (exact) mass is 364 g/mol. The molecular formula is C22H24N2O3. The summed E-state index contributed by atoms with van der Waals surface area (Å²) in [6.07, 6.45) is 1.42. The lowest BCUT2D eigenvalue weighted by atomic mass is 9.87. The second-order valence-corrected chi connectivity index (χ2v) is 7.04. The van der Waals surface area contributed by atoms with Crippen molar-refractivity contribution < 1.29 is 14.3 Å². The SMILES string of the molecule is CC(C)(C)c1ccc(OCCOc2ccccc2/C=C(/C#N)C(N)=O)cc1. The third-order valence-corrected chi connectivity index (χ3v) is 3.93. The fourth-order valence-corrected chi connectivity index (χ4v) is 2.41. The van der Waals surface area contributed by atoms with Gasteiger partial charge in [0.1, 0.15) is 36.4 Å². The highest BCUT2D eigenvalue weighted by Crippen LogP contribution is 2.24. The predicted octanol–water partition coefficient (Wildman–Crippen LogP) is 3.83. The van der Waals surface area contributed by atoms with Gasteiger partial charge in [-0.05, 0) is 35.3 Å². The van der Waals surface area contributed by atoms with Gasteiger partial charge >= 0.3 is 0 Å². The Morgan fingerprint density at radius 2 is 1.70 bits per heavy atom. The molecule has 0 fully saturated rings. The molecule has 0 aliphatic heterocycles.